The first-order chi connectivity index (χ1) is 13.1. The Morgan fingerprint density at radius 2 is 1.89 bits per heavy atom. The van der Waals surface area contributed by atoms with E-state index in [0.717, 1.165) is 6.42 Å². The molecule has 1 aromatic heterocycles. The third-order valence-electron chi connectivity index (χ3n) is 3.94. The van der Waals surface area contributed by atoms with Gasteiger partial charge in [0.25, 0.3) is 5.91 Å². The third kappa shape index (κ3) is 3.73. The number of nitrogens with one attached hydrogen (secondary N) is 1. The van der Waals surface area contributed by atoms with E-state index in [2.05, 4.69) is 10.5 Å². The van der Waals surface area contributed by atoms with Crippen LogP contribution in [0.25, 0.3) is 11.3 Å². The zero-order chi connectivity index (χ0) is 18.8. The van der Waals surface area contributed by atoms with Crippen LogP contribution < -0.4 is 14.8 Å². The maximum absolute atomic E-state index is 13.3. The van der Waals surface area contributed by atoms with E-state index < -0.39 is 11.7 Å². The molecule has 3 aromatic rings. The predicted octanol–water partition coefficient (Wildman–Crippen LogP) is 4.55. The summed E-state index contributed by atoms with van der Waals surface area (Å²) < 4.78 is 29.6. The van der Waals surface area contributed by atoms with Gasteiger partial charge in [-0.05, 0) is 12.1 Å². The SMILES string of the molecule is O=C(Nc1cc2c(cc1Cl)OCCCO2)c1cc(-c2cccc(F)c2)no1. The largest absolute Gasteiger partial charge is 0.490 e. The second-order valence-corrected chi connectivity index (χ2v) is 6.28. The summed E-state index contributed by atoms with van der Waals surface area (Å²) in [5.41, 5.74) is 1.21. The lowest BCUT2D eigenvalue weighted by atomic mass is 10.1. The summed E-state index contributed by atoms with van der Waals surface area (Å²) in [6, 6.07) is 10.5. The van der Waals surface area contributed by atoms with Gasteiger partial charge in [-0.25, -0.2) is 4.39 Å². The van der Waals surface area contributed by atoms with Crippen molar-refractivity contribution in [1.29, 1.82) is 0 Å². The molecule has 2 heterocycles. The first kappa shape index (κ1) is 17.4. The summed E-state index contributed by atoms with van der Waals surface area (Å²) in [5, 5.41) is 6.78. The quantitative estimate of drug-likeness (QED) is 0.712. The van der Waals surface area contributed by atoms with Gasteiger partial charge in [-0.3, -0.25) is 4.79 Å². The van der Waals surface area contributed by atoms with Crippen LogP contribution in [0.1, 0.15) is 17.0 Å². The van der Waals surface area contributed by atoms with Gasteiger partial charge in [0.1, 0.15) is 11.5 Å². The molecular formula is C19H14ClFN2O4. The van der Waals surface area contributed by atoms with Gasteiger partial charge in [0.05, 0.1) is 23.9 Å². The van der Waals surface area contributed by atoms with Crippen molar-refractivity contribution in [3.63, 3.8) is 0 Å². The van der Waals surface area contributed by atoms with Crippen LogP contribution in [0.5, 0.6) is 11.5 Å². The molecule has 1 N–H and O–H groups in total. The van der Waals surface area contributed by atoms with Gasteiger partial charge >= 0.3 is 0 Å². The number of nitrogens with zero attached hydrogens (tertiary/aromatic N) is 1. The number of ether oxygens (including phenoxy) is 2. The summed E-state index contributed by atoms with van der Waals surface area (Å²) in [4.78, 5) is 12.5. The number of rotatable bonds is 3. The van der Waals surface area contributed by atoms with Crippen LogP contribution in [-0.2, 0) is 0 Å². The molecule has 0 radical (unpaired) electrons. The summed E-state index contributed by atoms with van der Waals surface area (Å²) in [6.45, 7) is 1.05. The minimum atomic E-state index is -0.540. The van der Waals surface area contributed by atoms with Crippen LogP contribution in [0.3, 0.4) is 0 Å². The Morgan fingerprint density at radius 3 is 2.67 bits per heavy atom. The van der Waals surface area contributed by atoms with Crippen LogP contribution in [0.2, 0.25) is 5.02 Å². The highest BCUT2D eigenvalue weighted by Crippen LogP contribution is 2.37. The van der Waals surface area contributed by atoms with Crippen LogP contribution in [0, 0.1) is 5.82 Å². The Bertz CT molecular complexity index is 1010. The average molecular weight is 389 g/mol. The lowest BCUT2D eigenvalue weighted by molar-refractivity contribution is 0.0988. The third-order valence-corrected chi connectivity index (χ3v) is 4.25. The monoisotopic (exact) mass is 388 g/mol. The van der Waals surface area contributed by atoms with Crippen molar-refractivity contribution in [3.05, 3.63) is 59.1 Å². The van der Waals surface area contributed by atoms with Crippen LogP contribution in [0.15, 0.2) is 47.0 Å². The van der Waals surface area contributed by atoms with E-state index in [1.165, 1.54) is 18.2 Å². The molecule has 0 bridgehead atoms. The fraction of sp³-hybridized carbons (Fsp3) is 0.158. The number of carbonyl (C=O) groups is 1. The average Bonchev–Trinajstić information content (AvgIpc) is 3.04. The Kier molecular flexibility index (Phi) is 4.68. The molecule has 27 heavy (non-hydrogen) atoms. The number of carbonyl (C=O) groups excluding carboxylic acids is 1. The van der Waals surface area contributed by atoms with Gasteiger partial charge in [0.2, 0.25) is 5.76 Å². The number of aromatic nitrogens is 1. The number of amides is 1. The number of halogens is 2. The second-order valence-electron chi connectivity index (χ2n) is 5.87. The number of anilines is 1. The zero-order valence-electron chi connectivity index (χ0n) is 14.0. The summed E-state index contributed by atoms with van der Waals surface area (Å²) in [5.74, 6) is 0.0632. The molecule has 0 spiro atoms. The fourth-order valence-corrected chi connectivity index (χ4v) is 2.83. The molecule has 1 aliphatic rings. The van der Waals surface area contributed by atoms with Crippen molar-refractivity contribution in [2.24, 2.45) is 0 Å². The van der Waals surface area contributed by atoms with Crippen molar-refractivity contribution >= 4 is 23.2 Å². The zero-order valence-corrected chi connectivity index (χ0v) is 14.8. The molecule has 138 valence electrons. The highest BCUT2D eigenvalue weighted by molar-refractivity contribution is 6.34. The maximum Gasteiger partial charge on any atom is 0.294 e. The highest BCUT2D eigenvalue weighted by Gasteiger charge is 2.19. The Labute approximate surface area is 158 Å². The normalized spacial score (nSPS) is 13.1. The highest BCUT2D eigenvalue weighted by atomic mass is 35.5. The van der Waals surface area contributed by atoms with Gasteiger partial charge in [0, 0.05) is 30.2 Å². The lowest BCUT2D eigenvalue weighted by Gasteiger charge is -2.11. The molecule has 1 amide bonds. The number of hydrogen-bond acceptors (Lipinski definition) is 5. The van der Waals surface area contributed by atoms with Crippen molar-refractivity contribution < 1.29 is 23.2 Å². The molecule has 0 atom stereocenters. The Morgan fingerprint density at radius 1 is 1.11 bits per heavy atom. The van der Waals surface area contributed by atoms with E-state index >= 15 is 0 Å². The molecule has 0 saturated heterocycles. The Hall–Kier alpha value is -3.06. The smallest absolute Gasteiger partial charge is 0.294 e. The Balaban J connectivity index is 1.55. The summed E-state index contributed by atoms with van der Waals surface area (Å²) in [7, 11) is 0. The van der Waals surface area contributed by atoms with Crippen molar-refractivity contribution in [2.45, 2.75) is 6.42 Å². The maximum atomic E-state index is 13.3. The van der Waals surface area contributed by atoms with E-state index in [1.807, 2.05) is 0 Å². The number of hydrogen-bond donors (Lipinski definition) is 1. The van der Waals surface area contributed by atoms with E-state index in [9.17, 15) is 9.18 Å². The standard InChI is InChI=1S/C19H14ClFN2O4/c20-13-8-16-17(26-6-2-5-25-16)10-15(13)22-19(24)18-9-14(23-27-18)11-3-1-4-12(21)7-11/h1,3-4,7-10H,2,5-6H2,(H,22,24). The molecular weight excluding hydrogens is 375 g/mol. The number of benzene rings is 2. The fourth-order valence-electron chi connectivity index (χ4n) is 2.63. The number of fused-ring (bicyclic) bond motifs is 1. The van der Waals surface area contributed by atoms with E-state index in [-0.39, 0.29) is 5.76 Å². The van der Waals surface area contributed by atoms with Gasteiger partial charge < -0.3 is 19.3 Å². The molecule has 0 unspecified atom stereocenters. The molecule has 4 rings (SSSR count). The topological polar surface area (TPSA) is 73.6 Å². The van der Waals surface area contributed by atoms with Gasteiger partial charge in [0.15, 0.2) is 11.5 Å². The first-order valence-electron chi connectivity index (χ1n) is 8.23. The summed E-state index contributed by atoms with van der Waals surface area (Å²) in [6.07, 6.45) is 0.759. The minimum absolute atomic E-state index is 0.0301. The molecule has 2 aromatic carbocycles. The van der Waals surface area contributed by atoms with E-state index in [0.29, 0.717) is 46.7 Å². The van der Waals surface area contributed by atoms with Crippen LogP contribution in [-0.4, -0.2) is 24.3 Å². The van der Waals surface area contributed by atoms with Crippen molar-refractivity contribution in [2.75, 3.05) is 18.5 Å². The van der Waals surface area contributed by atoms with Crippen molar-refractivity contribution in [1.82, 2.24) is 5.16 Å². The van der Waals surface area contributed by atoms with Crippen LogP contribution in [0.4, 0.5) is 10.1 Å². The second kappa shape index (κ2) is 7.28. The first-order valence-corrected chi connectivity index (χ1v) is 8.61. The van der Waals surface area contributed by atoms with Crippen LogP contribution >= 0.6 is 11.6 Å². The van der Waals surface area contributed by atoms with Crippen molar-refractivity contribution in [3.8, 4) is 22.8 Å². The molecule has 0 saturated carbocycles. The minimum Gasteiger partial charge on any atom is -0.490 e. The molecule has 1 aliphatic heterocycles. The van der Waals surface area contributed by atoms with Gasteiger partial charge in [-0.1, -0.05) is 28.9 Å². The van der Waals surface area contributed by atoms with Gasteiger partial charge in [-0.15, -0.1) is 0 Å². The van der Waals surface area contributed by atoms with Gasteiger partial charge in [-0.2, -0.15) is 0 Å². The molecule has 6 nitrogen and oxygen atoms in total. The molecule has 8 heteroatoms. The lowest BCUT2D eigenvalue weighted by Crippen LogP contribution is -2.11. The van der Waals surface area contributed by atoms with E-state index in [4.69, 9.17) is 25.6 Å². The summed E-state index contributed by atoms with van der Waals surface area (Å²) >= 11 is 6.23. The molecule has 0 aliphatic carbocycles. The molecule has 0 fully saturated rings. The van der Waals surface area contributed by atoms with E-state index in [1.54, 1.807) is 24.3 Å². The predicted molar refractivity (Wildman–Crippen MR) is 96.9 cm³/mol.